The van der Waals surface area contributed by atoms with Crippen molar-refractivity contribution in [3.63, 3.8) is 0 Å². The van der Waals surface area contributed by atoms with Gasteiger partial charge in [-0.15, -0.1) is 0 Å². The summed E-state index contributed by atoms with van der Waals surface area (Å²) in [7, 11) is 5.24. The summed E-state index contributed by atoms with van der Waals surface area (Å²) in [4.78, 5) is 29.6. The largest absolute Gasteiger partial charge is 0.507 e. The van der Waals surface area contributed by atoms with E-state index in [1.54, 1.807) is 19.1 Å². The van der Waals surface area contributed by atoms with Crippen molar-refractivity contribution in [2.75, 3.05) is 34.3 Å². The minimum Gasteiger partial charge on any atom is -0.507 e. The lowest BCUT2D eigenvalue weighted by molar-refractivity contribution is -0.248. The molecule has 0 aromatic heterocycles. The fourth-order valence-corrected chi connectivity index (χ4v) is 6.44. The number of carbonyl (C=O) groups is 2. The van der Waals surface area contributed by atoms with Crippen LogP contribution in [0.5, 0.6) is 17.2 Å². The third kappa shape index (κ3) is 5.42. The number of likely N-dealkylation sites (N-methyl/N-ethyl adjacent to an activating group) is 1. The van der Waals surface area contributed by atoms with Gasteiger partial charge in [-0.1, -0.05) is 12.1 Å². The molecule has 2 aromatic rings. The van der Waals surface area contributed by atoms with E-state index in [2.05, 4.69) is 5.32 Å². The molecule has 0 saturated carbocycles. The zero-order valence-electron chi connectivity index (χ0n) is 25.1. The van der Waals surface area contributed by atoms with E-state index in [1.807, 2.05) is 25.9 Å². The van der Waals surface area contributed by atoms with Crippen molar-refractivity contribution in [1.29, 1.82) is 0 Å². The Morgan fingerprint density at radius 3 is 2.51 bits per heavy atom. The van der Waals surface area contributed by atoms with Crippen LogP contribution in [-0.2, 0) is 15.9 Å². The number of aromatic hydroxyl groups is 2. The number of fused-ring (bicyclic) bond motifs is 3. The topological polar surface area (TPSA) is 184 Å². The van der Waals surface area contributed by atoms with Gasteiger partial charge in [0.2, 0.25) is 5.78 Å². The molecule has 3 aliphatic rings. The van der Waals surface area contributed by atoms with E-state index in [9.17, 15) is 30.0 Å². The summed E-state index contributed by atoms with van der Waals surface area (Å²) in [6, 6.07) is 3.44. The van der Waals surface area contributed by atoms with Crippen LogP contribution in [0.1, 0.15) is 75.8 Å². The number of rotatable bonds is 8. The number of phenolic OH excluding ortho intramolecular Hbond substituents is 2. The van der Waals surface area contributed by atoms with E-state index in [1.165, 1.54) is 13.2 Å². The van der Waals surface area contributed by atoms with Gasteiger partial charge < -0.3 is 50.6 Å². The molecule has 12 heteroatoms. The number of nitrogens with two attached hydrogens (primary N) is 1. The second-order valence-electron chi connectivity index (χ2n) is 12.1. The number of aliphatic hydroxyl groups is 2. The number of aliphatic hydroxyl groups excluding tert-OH is 1. The molecule has 0 spiro atoms. The van der Waals surface area contributed by atoms with Crippen molar-refractivity contribution < 1.29 is 44.2 Å². The summed E-state index contributed by atoms with van der Waals surface area (Å²) in [5, 5.41) is 49.0. The number of hydrogen-bond acceptors (Lipinski definition) is 12. The van der Waals surface area contributed by atoms with Crippen molar-refractivity contribution in [2.24, 2.45) is 5.73 Å². The van der Waals surface area contributed by atoms with Gasteiger partial charge in [-0.2, -0.15) is 0 Å². The number of nitrogens with one attached hydrogen (secondary N) is 1. The molecule has 1 heterocycles. The summed E-state index contributed by atoms with van der Waals surface area (Å²) in [5.74, 6) is -2.16. The molecular formula is C31H41N3O9. The van der Waals surface area contributed by atoms with Crippen LogP contribution in [0.4, 0.5) is 0 Å². The van der Waals surface area contributed by atoms with Crippen LogP contribution >= 0.6 is 0 Å². The van der Waals surface area contributed by atoms with Crippen LogP contribution in [0.2, 0.25) is 0 Å². The third-order valence-corrected chi connectivity index (χ3v) is 8.99. The van der Waals surface area contributed by atoms with Gasteiger partial charge in [-0.3, -0.25) is 9.59 Å². The average molecular weight is 600 g/mol. The zero-order valence-corrected chi connectivity index (χ0v) is 25.1. The highest BCUT2D eigenvalue weighted by molar-refractivity contribution is 6.31. The smallest absolute Gasteiger partial charge is 0.202 e. The zero-order chi connectivity index (χ0) is 31.4. The van der Waals surface area contributed by atoms with Crippen LogP contribution in [0.15, 0.2) is 18.2 Å². The standard InChI is InChI=1S/C31H41N3O9/c1-14-26(35)18(32)11-21(42-14)43-20-13-31(40,15(2)33-9-10-34(3)4)12-17-23(20)30(39)25-24(28(17)37)27(36)16-7-6-8-19(41-5)22(16)29(25)38/h6-8,14-15,18,20-21,26,33,35,37,39-40H,9-13,32H2,1-5H3. The van der Waals surface area contributed by atoms with Gasteiger partial charge in [-0.25, -0.2) is 0 Å². The van der Waals surface area contributed by atoms with Gasteiger partial charge in [0.1, 0.15) is 17.2 Å². The molecule has 0 radical (unpaired) electrons. The Bertz CT molecular complexity index is 1420. The van der Waals surface area contributed by atoms with Gasteiger partial charge in [0.05, 0.1) is 47.7 Å². The maximum absolute atomic E-state index is 13.8. The Kier molecular flexibility index (Phi) is 8.58. The number of phenols is 2. The molecule has 2 aromatic carbocycles. The monoisotopic (exact) mass is 599 g/mol. The highest BCUT2D eigenvalue weighted by atomic mass is 16.7. The van der Waals surface area contributed by atoms with E-state index in [0.29, 0.717) is 13.1 Å². The molecule has 1 fully saturated rings. The van der Waals surface area contributed by atoms with Crippen LogP contribution in [0.3, 0.4) is 0 Å². The number of ketones is 2. The maximum atomic E-state index is 13.8. The molecule has 0 amide bonds. The molecule has 12 nitrogen and oxygen atoms in total. The van der Waals surface area contributed by atoms with Crippen LogP contribution in [0.25, 0.3) is 0 Å². The molecule has 43 heavy (non-hydrogen) atoms. The molecule has 234 valence electrons. The Morgan fingerprint density at radius 2 is 1.86 bits per heavy atom. The Hall–Kier alpha value is -3.10. The minimum absolute atomic E-state index is 0.00922. The molecule has 1 aliphatic heterocycles. The quantitative estimate of drug-likeness (QED) is 0.202. The van der Waals surface area contributed by atoms with Crippen molar-refractivity contribution >= 4 is 11.6 Å². The first-order valence-corrected chi connectivity index (χ1v) is 14.5. The molecule has 0 bridgehead atoms. The lowest BCUT2D eigenvalue weighted by atomic mass is 9.71. The van der Waals surface area contributed by atoms with E-state index < -0.39 is 65.4 Å². The SMILES string of the molecule is COc1cccc2c1C(=O)c1c(O)c3c(c(O)c1C2=O)CC(O)(C(C)NCCN(C)C)CC3OC1CC(N)C(O)C(C)O1. The number of hydrogen-bond donors (Lipinski definition) is 6. The highest BCUT2D eigenvalue weighted by Gasteiger charge is 2.49. The summed E-state index contributed by atoms with van der Waals surface area (Å²) in [6.45, 7) is 4.76. The van der Waals surface area contributed by atoms with E-state index in [-0.39, 0.29) is 58.4 Å². The van der Waals surface area contributed by atoms with Crippen molar-refractivity contribution in [2.45, 2.75) is 75.4 Å². The lowest BCUT2D eigenvalue weighted by Crippen LogP contribution is -2.55. The second-order valence-corrected chi connectivity index (χ2v) is 12.1. The summed E-state index contributed by atoms with van der Waals surface area (Å²) in [6.07, 6.45) is -3.55. The number of carbonyl (C=O) groups excluding carboxylic acids is 2. The maximum Gasteiger partial charge on any atom is 0.202 e. The van der Waals surface area contributed by atoms with Gasteiger partial charge >= 0.3 is 0 Å². The molecule has 7 atom stereocenters. The van der Waals surface area contributed by atoms with Crippen LogP contribution in [-0.4, -0.2) is 107 Å². The molecule has 5 rings (SSSR count). The van der Waals surface area contributed by atoms with E-state index >= 15 is 0 Å². The molecule has 2 aliphatic carbocycles. The minimum atomic E-state index is -1.49. The fraction of sp³-hybridized carbons (Fsp3) is 0.548. The Balaban J connectivity index is 1.63. The van der Waals surface area contributed by atoms with Crippen molar-refractivity contribution in [1.82, 2.24) is 10.2 Å². The summed E-state index contributed by atoms with van der Waals surface area (Å²) in [5.41, 5.74) is 4.20. The summed E-state index contributed by atoms with van der Waals surface area (Å²) >= 11 is 0. The van der Waals surface area contributed by atoms with E-state index in [4.69, 9.17) is 19.9 Å². The van der Waals surface area contributed by atoms with Gasteiger partial charge in [0, 0.05) is 61.1 Å². The van der Waals surface area contributed by atoms with Crippen LogP contribution < -0.4 is 15.8 Å². The first-order valence-electron chi connectivity index (χ1n) is 14.5. The second kappa shape index (κ2) is 11.8. The predicted molar refractivity (Wildman–Crippen MR) is 156 cm³/mol. The van der Waals surface area contributed by atoms with Crippen molar-refractivity contribution in [3.05, 3.63) is 51.6 Å². The first kappa shape index (κ1) is 31.3. The van der Waals surface area contributed by atoms with Gasteiger partial charge in [0.15, 0.2) is 12.1 Å². The number of nitrogens with zero attached hydrogens (tertiary/aromatic N) is 1. The normalized spacial score (nSPS) is 29.2. The highest BCUT2D eigenvalue weighted by Crippen LogP contribution is 2.53. The summed E-state index contributed by atoms with van der Waals surface area (Å²) < 4.78 is 17.6. The number of ether oxygens (including phenoxy) is 3. The lowest BCUT2D eigenvalue weighted by Gasteiger charge is -2.45. The Labute approximate surface area is 250 Å². The number of benzene rings is 2. The van der Waals surface area contributed by atoms with Crippen LogP contribution in [0, 0.1) is 0 Å². The molecular weight excluding hydrogens is 558 g/mol. The molecule has 1 saturated heterocycles. The Morgan fingerprint density at radius 1 is 1.16 bits per heavy atom. The van der Waals surface area contributed by atoms with Gasteiger partial charge in [0.25, 0.3) is 0 Å². The molecule has 7 N–H and O–H groups in total. The predicted octanol–water partition coefficient (Wildman–Crippen LogP) is 0.980. The average Bonchev–Trinajstić information content (AvgIpc) is 2.95. The number of methoxy groups -OCH3 is 1. The first-order chi connectivity index (χ1) is 20.3. The van der Waals surface area contributed by atoms with Gasteiger partial charge in [-0.05, 0) is 34.0 Å². The third-order valence-electron chi connectivity index (χ3n) is 8.99. The fourth-order valence-electron chi connectivity index (χ4n) is 6.44. The van der Waals surface area contributed by atoms with E-state index in [0.717, 1.165) is 0 Å². The van der Waals surface area contributed by atoms with Crippen molar-refractivity contribution in [3.8, 4) is 17.2 Å². The molecule has 7 unspecified atom stereocenters.